The number of likely N-dealkylation sites (tertiary alicyclic amines) is 1. The van der Waals surface area contributed by atoms with Gasteiger partial charge in [0.25, 0.3) is 0 Å². The van der Waals surface area contributed by atoms with E-state index < -0.39 is 0 Å². The summed E-state index contributed by atoms with van der Waals surface area (Å²) < 4.78 is 2.09. The molecule has 0 bridgehead atoms. The summed E-state index contributed by atoms with van der Waals surface area (Å²) in [7, 11) is 0. The molecule has 22 heavy (non-hydrogen) atoms. The molecule has 3 heterocycles. The quantitative estimate of drug-likeness (QED) is 0.751. The molecule has 1 saturated heterocycles. The lowest BCUT2D eigenvalue weighted by Crippen LogP contribution is -2.36. The first-order valence-electron chi connectivity index (χ1n) is 7.74. The number of benzene rings is 1. The van der Waals surface area contributed by atoms with Crippen molar-refractivity contribution in [3.63, 3.8) is 0 Å². The van der Waals surface area contributed by atoms with Crippen molar-refractivity contribution in [2.75, 3.05) is 13.1 Å². The van der Waals surface area contributed by atoms with Crippen molar-refractivity contribution in [3.8, 4) is 5.69 Å². The van der Waals surface area contributed by atoms with E-state index in [1.807, 2.05) is 25.1 Å². The average Bonchev–Trinajstić information content (AvgIpc) is 2.82. The number of aryl methyl sites for hydroxylation is 1. The Bertz CT molecular complexity index is 743. The highest BCUT2D eigenvalue weighted by atomic mass is 35.5. The number of hydrogen-bond acceptors (Lipinski definition) is 4. The standard InChI is InChI=1S/C16H18ClN5/c1-11-19-20-15-10-18-16(21-7-3-2-4-8-21)13-9-12(17)5-6-14(13)22(11)15/h5-6,9H,2-4,7-8,10H2,1H3. The van der Waals surface area contributed by atoms with Crippen LogP contribution in [0.5, 0.6) is 0 Å². The third-order valence-corrected chi connectivity index (χ3v) is 4.59. The molecule has 0 aliphatic carbocycles. The Balaban J connectivity index is 1.89. The molecular formula is C16H18ClN5. The molecule has 6 heteroatoms. The Morgan fingerprint density at radius 3 is 2.73 bits per heavy atom. The van der Waals surface area contributed by atoms with Crippen molar-refractivity contribution in [1.29, 1.82) is 0 Å². The molecular weight excluding hydrogens is 298 g/mol. The van der Waals surface area contributed by atoms with E-state index in [0.717, 1.165) is 46.8 Å². The Morgan fingerprint density at radius 1 is 1.09 bits per heavy atom. The van der Waals surface area contributed by atoms with E-state index in [2.05, 4.69) is 19.7 Å². The third kappa shape index (κ3) is 2.20. The van der Waals surface area contributed by atoms with Crippen molar-refractivity contribution < 1.29 is 0 Å². The number of fused-ring (bicyclic) bond motifs is 3. The van der Waals surface area contributed by atoms with Gasteiger partial charge in [-0.3, -0.25) is 9.56 Å². The zero-order valence-corrected chi connectivity index (χ0v) is 13.3. The lowest BCUT2D eigenvalue weighted by molar-refractivity contribution is 0.342. The van der Waals surface area contributed by atoms with Gasteiger partial charge < -0.3 is 4.90 Å². The fourth-order valence-electron chi connectivity index (χ4n) is 3.31. The molecule has 0 N–H and O–H groups in total. The van der Waals surface area contributed by atoms with E-state index in [1.165, 1.54) is 19.3 Å². The van der Waals surface area contributed by atoms with E-state index in [1.54, 1.807) is 0 Å². The Kier molecular flexibility index (Phi) is 3.37. The van der Waals surface area contributed by atoms with Crippen LogP contribution in [-0.2, 0) is 6.54 Å². The minimum absolute atomic E-state index is 0.555. The summed E-state index contributed by atoms with van der Waals surface area (Å²) in [5.41, 5.74) is 2.15. The highest BCUT2D eigenvalue weighted by Crippen LogP contribution is 2.27. The fraction of sp³-hybridized carbons (Fsp3) is 0.438. The zero-order valence-electron chi connectivity index (χ0n) is 12.6. The first kappa shape index (κ1) is 13.8. The molecule has 4 rings (SSSR count). The number of piperidine rings is 1. The molecule has 0 atom stereocenters. The Hall–Kier alpha value is -1.88. The van der Waals surface area contributed by atoms with Crippen LogP contribution in [0.15, 0.2) is 23.2 Å². The summed E-state index contributed by atoms with van der Waals surface area (Å²) in [5.74, 6) is 2.81. The lowest BCUT2D eigenvalue weighted by Gasteiger charge is -2.30. The molecule has 1 aromatic heterocycles. The van der Waals surface area contributed by atoms with Gasteiger partial charge in [0.1, 0.15) is 18.2 Å². The van der Waals surface area contributed by atoms with Crippen molar-refractivity contribution in [2.45, 2.75) is 32.7 Å². The van der Waals surface area contributed by atoms with E-state index in [9.17, 15) is 0 Å². The second-order valence-electron chi connectivity index (χ2n) is 5.85. The number of rotatable bonds is 0. The van der Waals surface area contributed by atoms with Crippen LogP contribution in [0.2, 0.25) is 5.02 Å². The number of hydrogen-bond donors (Lipinski definition) is 0. The van der Waals surface area contributed by atoms with Crippen LogP contribution in [0, 0.1) is 6.92 Å². The van der Waals surface area contributed by atoms with Gasteiger partial charge in [0.2, 0.25) is 0 Å². The van der Waals surface area contributed by atoms with Crippen LogP contribution in [0.25, 0.3) is 5.69 Å². The van der Waals surface area contributed by atoms with Crippen molar-refractivity contribution in [2.24, 2.45) is 4.99 Å². The summed E-state index contributed by atoms with van der Waals surface area (Å²) in [6.07, 6.45) is 3.75. The smallest absolute Gasteiger partial charge is 0.159 e. The van der Waals surface area contributed by atoms with Gasteiger partial charge in [-0.2, -0.15) is 0 Å². The summed E-state index contributed by atoms with van der Waals surface area (Å²) in [6.45, 7) is 4.65. The van der Waals surface area contributed by atoms with Gasteiger partial charge in [0.15, 0.2) is 5.82 Å². The van der Waals surface area contributed by atoms with Gasteiger partial charge in [0.05, 0.1) is 5.69 Å². The van der Waals surface area contributed by atoms with Gasteiger partial charge in [-0.1, -0.05) is 11.6 Å². The first-order chi connectivity index (χ1) is 10.7. The number of nitrogens with zero attached hydrogens (tertiary/aromatic N) is 5. The van der Waals surface area contributed by atoms with Gasteiger partial charge >= 0.3 is 0 Å². The van der Waals surface area contributed by atoms with E-state index in [4.69, 9.17) is 16.6 Å². The summed E-state index contributed by atoms with van der Waals surface area (Å²) >= 11 is 6.26. The molecule has 0 unspecified atom stereocenters. The maximum atomic E-state index is 6.26. The van der Waals surface area contributed by atoms with Gasteiger partial charge in [-0.15, -0.1) is 10.2 Å². The van der Waals surface area contributed by atoms with Crippen LogP contribution in [0.4, 0.5) is 0 Å². The van der Waals surface area contributed by atoms with E-state index in [0.29, 0.717) is 6.54 Å². The third-order valence-electron chi connectivity index (χ3n) is 4.36. The molecule has 2 aliphatic heterocycles. The SMILES string of the molecule is Cc1nnc2n1-c1ccc(Cl)cc1C(N1CCCCC1)=NC2. The van der Waals surface area contributed by atoms with Gasteiger partial charge in [-0.25, -0.2) is 0 Å². The van der Waals surface area contributed by atoms with Crippen molar-refractivity contribution in [3.05, 3.63) is 40.4 Å². The maximum absolute atomic E-state index is 6.26. The number of aliphatic imine (C=N–C) groups is 1. The minimum Gasteiger partial charge on any atom is -0.356 e. The second kappa shape index (κ2) is 5.39. The maximum Gasteiger partial charge on any atom is 0.159 e. The summed E-state index contributed by atoms with van der Waals surface area (Å²) in [5, 5.41) is 9.20. The zero-order chi connectivity index (χ0) is 15.1. The second-order valence-corrected chi connectivity index (χ2v) is 6.28. The molecule has 1 fully saturated rings. The van der Waals surface area contributed by atoms with Gasteiger partial charge in [0, 0.05) is 23.7 Å². The lowest BCUT2D eigenvalue weighted by atomic mass is 10.1. The molecule has 0 saturated carbocycles. The fourth-order valence-corrected chi connectivity index (χ4v) is 3.48. The molecule has 1 aromatic carbocycles. The van der Waals surface area contributed by atoms with E-state index >= 15 is 0 Å². The topological polar surface area (TPSA) is 46.3 Å². The van der Waals surface area contributed by atoms with Crippen LogP contribution >= 0.6 is 11.6 Å². The molecule has 2 aliphatic rings. The summed E-state index contributed by atoms with van der Waals surface area (Å²) in [4.78, 5) is 7.23. The average molecular weight is 316 g/mol. The highest BCUT2D eigenvalue weighted by Gasteiger charge is 2.25. The monoisotopic (exact) mass is 315 g/mol. The largest absolute Gasteiger partial charge is 0.356 e. The molecule has 5 nitrogen and oxygen atoms in total. The minimum atomic E-state index is 0.555. The van der Waals surface area contributed by atoms with Crippen molar-refractivity contribution in [1.82, 2.24) is 19.7 Å². The van der Waals surface area contributed by atoms with Crippen LogP contribution in [-0.4, -0.2) is 38.6 Å². The van der Waals surface area contributed by atoms with Crippen molar-refractivity contribution >= 4 is 17.4 Å². The summed E-state index contributed by atoms with van der Waals surface area (Å²) in [6, 6.07) is 5.98. The normalized spacial score (nSPS) is 17.5. The number of aromatic nitrogens is 3. The first-order valence-corrected chi connectivity index (χ1v) is 8.12. The molecule has 2 aromatic rings. The molecule has 0 spiro atoms. The molecule has 0 amide bonds. The molecule has 0 radical (unpaired) electrons. The van der Waals surface area contributed by atoms with Crippen LogP contribution < -0.4 is 0 Å². The predicted octanol–water partition coefficient (Wildman–Crippen LogP) is 2.98. The number of halogens is 1. The van der Waals surface area contributed by atoms with Crippen LogP contribution in [0.3, 0.4) is 0 Å². The predicted molar refractivity (Wildman–Crippen MR) is 86.8 cm³/mol. The Labute approximate surface area is 134 Å². The molecule has 114 valence electrons. The van der Waals surface area contributed by atoms with Gasteiger partial charge in [-0.05, 0) is 44.4 Å². The van der Waals surface area contributed by atoms with Crippen LogP contribution in [0.1, 0.15) is 36.5 Å². The Morgan fingerprint density at radius 2 is 1.91 bits per heavy atom. The number of amidine groups is 1. The highest BCUT2D eigenvalue weighted by molar-refractivity contribution is 6.31. The van der Waals surface area contributed by atoms with E-state index in [-0.39, 0.29) is 0 Å².